The third-order valence-electron chi connectivity index (χ3n) is 1.46. The molecule has 0 spiro atoms. The zero-order valence-corrected chi connectivity index (χ0v) is 8.53. The maximum Gasteiger partial charge on any atom is 0.234 e. The molecule has 0 aliphatic heterocycles. The van der Waals surface area contributed by atoms with Crippen molar-refractivity contribution >= 4 is 28.6 Å². The molecule has 0 radical (unpaired) electrons. The Kier molecular flexibility index (Phi) is 3.75. The summed E-state index contributed by atoms with van der Waals surface area (Å²) in [4.78, 5) is 11.1. The monoisotopic (exact) mass is 218 g/mol. The minimum absolute atomic E-state index is 0.322. The van der Waals surface area contributed by atoms with Crippen molar-refractivity contribution in [3.63, 3.8) is 0 Å². The predicted molar refractivity (Wildman–Crippen MR) is 52.6 cm³/mol. The van der Waals surface area contributed by atoms with Crippen LogP contribution in [0.1, 0.15) is 6.92 Å². The Morgan fingerprint density at radius 2 is 2.15 bits per heavy atom. The molecular formula is C9H8ClFOS. The molecule has 0 aliphatic rings. The SMILES string of the molecule is CC(Sc1ccccc1F)C(=O)Cl. The zero-order chi connectivity index (χ0) is 9.84. The molecule has 1 aromatic rings. The largest absolute Gasteiger partial charge is 0.280 e. The van der Waals surface area contributed by atoms with Crippen molar-refractivity contribution in [3.05, 3.63) is 30.1 Å². The molecule has 13 heavy (non-hydrogen) atoms. The first-order valence-electron chi connectivity index (χ1n) is 3.72. The molecule has 0 N–H and O–H groups in total. The lowest BCUT2D eigenvalue weighted by Gasteiger charge is -2.05. The van der Waals surface area contributed by atoms with E-state index < -0.39 is 10.5 Å². The summed E-state index contributed by atoms with van der Waals surface area (Å²) in [7, 11) is 0. The fourth-order valence-corrected chi connectivity index (χ4v) is 1.72. The first kappa shape index (κ1) is 10.5. The maximum absolute atomic E-state index is 13.0. The van der Waals surface area contributed by atoms with Crippen LogP contribution in [0.2, 0.25) is 0 Å². The second-order valence-corrected chi connectivity index (χ2v) is 4.25. The average Bonchev–Trinajstić information content (AvgIpc) is 2.08. The number of hydrogen-bond acceptors (Lipinski definition) is 2. The van der Waals surface area contributed by atoms with E-state index in [2.05, 4.69) is 0 Å². The van der Waals surface area contributed by atoms with Crippen LogP contribution >= 0.6 is 23.4 Å². The highest BCUT2D eigenvalue weighted by Gasteiger charge is 2.13. The molecule has 1 atom stereocenters. The smallest absolute Gasteiger partial charge is 0.234 e. The predicted octanol–water partition coefficient (Wildman–Crippen LogP) is 3.07. The maximum atomic E-state index is 13.0. The standard InChI is InChI=1S/C9H8ClFOS/c1-6(9(10)12)13-8-5-3-2-4-7(8)11/h2-6H,1H3. The molecule has 0 aromatic heterocycles. The van der Waals surface area contributed by atoms with Crippen LogP contribution < -0.4 is 0 Å². The van der Waals surface area contributed by atoms with E-state index in [0.717, 1.165) is 11.8 Å². The van der Waals surface area contributed by atoms with Crippen molar-refractivity contribution in [2.45, 2.75) is 17.1 Å². The number of carbonyl (C=O) groups is 1. The van der Waals surface area contributed by atoms with Gasteiger partial charge in [0.05, 0.1) is 5.25 Å². The van der Waals surface area contributed by atoms with E-state index in [-0.39, 0.29) is 5.82 Å². The summed E-state index contributed by atoms with van der Waals surface area (Å²) in [5.41, 5.74) is 0. The summed E-state index contributed by atoms with van der Waals surface area (Å²) in [6.45, 7) is 1.65. The van der Waals surface area contributed by atoms with Crippen LogP contribution in [0.15, 0.2) is 29.2 Å². The lowest BCUT2D eigenvalue weighted by molar-refractivity contribution is -0.111. The van der Waals surface area contributed by atoms with Gasteiger partial charge in [-0.25, -0.2) is 4.39 Å². The van der Waals surface area contributed by atoms with Crippen molar-refractivity contribution in [2.75, 3.05) is 0 Å². The minimum Gasteiger partial charge on any atom is -0.280 e. The van der Waals surface area contributed by atoms with Gasteiger partial charge in [-0.2, -0.15) is 0 Å². The normalized spacial score (nSPS) is 12.5. The van der Waals surface area contributed by atoms with Gasteiger partial charge in [-0.05, 0) is 30.7 Å². The molecule has 0 saturated carbocycles. The van der Waals surface area contributed by atoms with Gasteiger partial charge >= 0.3 is 0 Å². The van der Waals surface area contributed by atoms with Crippen molar-refractivity contribution in [3.8, 4) is 0 Å². The highest BCUT2D eigenvalue weighted by Crippen LogP contribution is 2.26. The Bertz CT molecular complexity index is 316. The molecule has 0 amide bonds. The molecule has 1 aromatic carbocycles. The molecule has 1 unspecified atom stereocenters. The van der Waals surface area contributed by atoms with E-state index >= 15 is 0 Å². The van der Waals surface area contributed by atoms with Crippen molar-refractivity contribution in [2.24, 2.45) is 0 Å². The summed E-state index contributed by atoms with van der Waals surface area (Å²) in [6, 6.07) is 6.30. The molecule has 0 bridgehead atoms. The number of halogens is 2. The van der Waals surface area contributed by atoms with Gasteiger partial charge in [0.2, 0.25) is 5.24 Å². The highest BCUT2D eigenvalue weighted by molar-refractivity contribution is 8.00. The molecule has 0 aliphatic carbocycles. The van der Waals surface area contributed by atoms with Gasteiger partial charge in [-0.3, -0.25) is 4.79 Å². The summed E-state index contributed by atoms with van der Waals surface area (Å²) in [5.74, 6) is -0.322. The van der Waals surface area contributed by atoms with E-state index in [1.54, 1.807) is 25.1 Å². The highest BCUT2D eigenvalue weighted by atomic mass is 35.5. The van der Waals surface area contributed by atoms with Crippen LogP contribution in [0.4, 0.5) is 4.39 Å². The fourth-order valence-electron chi connectivity index (χ4n) is 0.777. The Morgan fingerprint density at radius 1 is 1.54 bits per heavy atom. The molecule has 0 heterocycles. The topological polar surface area (TPSA) is 17.1 Å². The Morgan fingerprint density at radius 3 is 2.69 bits per heavy atom. The number of benzene rings is 1. The van der Waals surface area contributed by atoms with Crippen LogP contribution in [0, 0.1) is 5.82 Å². The van der Waals surface area contributed by atoms with Crippen LogP contribution in [0.3, 0.4) is 0 Å². The summed E-state index contributed by atoms with van der Waals surface area (Å²) in [6.07, 6.45) is 0. The van der Waals surface area contributed by atoms with Crippen molar-refractivity contribution in [1.29, 1.82) is 0 Å². The quantitative estimate of drug-likeness (QED) is 0.573. The van der Waals surface area contributed by atoms with Crippen LogP contribution in [0.25, 0.3) is 0 Å². The summed E-state index contributed by atoms with van der Waals surface area (Å²) < 4.78 is 13.0. The minimum atomic E-state index is -0.465. The van der Waals surface area contributed by atoms with Gasteiger partial charge in [-0.1, -0.05) is 12.1 Å². The Hall–Kier alpha value is -0.540. The van der Waals surface area contributed by atoms with Crippen LogP contribution in [-0.2, 0) is 4.79 Å². The second kappa shape index (κ2) is 4.63. The van der Waals surface area contributed by atoms with Gasteiger partial charge in [-0.15, -0.1) is 11.8 Å². The van der Waals surface area contributed by atoms with Gasteiger partial charge < -0.3 is 0 Å². The molecular weight excluding hydrogens is 211 g/mol. The van der Waals surface area contributed by atoms with Crippen molar-refractivity contribution in [1.82, 2.24) is 0 Å². The summed E-state index contributed by atoms with van der Waals surface area (Å²) in [5, 5.41) is -0.883. The Labute approximate surface area is 85.3 Å². The molecule has 0 saturated heterocycles. The van der Waals surface area contributed by atoms with Gasteiger partial charge in [0.1, 0.15) is 5.82 Å². The first-order chi connectivity index (χ1) is 6.11. The molecule has 4 heteroatoms. The fraction of sp³-hybridized carbons (Fsp3) is 0.222. The van der Waals surface area contributed by atoms with E-state index in [0.29, 0.717) is 4.90 Å². The molecule has 1 nitrogen and oxygen atoms in total. The first-order valence-corrected chi connectivity index (χ1v) is 4.97. The average molecular weight is 219 g/mol. The number of hydrogen-bond donors (Lipinski definition) is 0. The number of rotatable bonds is 3. The van der Waals surface area contributed by atoms with Crippen molar-refractivity contribution < 1.29 is 9.18 Å². The molecule has 0 fully saturated rings. The third kappa shape index (κ3) is 3.01. The van der Waals surface area contributed by atoms with E-state index in [1.807, 2.05) is 0 Å². The van der Waals surface area contributed by atoms with Gasteiger partial charge in [0.15, 0.2) is 0 Å². The number of carbonyl (C=O) groups excluding carboxylic acids is 1. The zero-order valence-electron chi connectivity index (χ0n) is 6.96. The van der Waals surface area contributed by atoms with Gasteiger partial charge in [0.25, 0.3) is 0 Å². The molecule has 1 rings (SSSR count). The van der Waals surface area contributed by atoms with Crippen LogP contribution in [-0.4, -0.2) is 10.5 Å². The third-order valence-corrected chi connectivity index (χ3v) is 3.07. The van der Waals surface area contributed by atoms with E-state index in [9.17, 15) is 9.18 Å². The number of thioether (sulfide) groups is 1. The summed E-state index contributed by atoms with van der Waals surface area (Å²) >= 11 is 6.37. The Balaban J connectivity index is 2.74. The lowest BCUT2D eigenvalue weighted by atomic mass is 10.3. The second-order valence-electron chi connectivity index (χ2n) is 2.49. The van der Waals surface area contributed by atoms with Crippen LogP contribution in [0.5, 0.6) is 0 Å². The van der Waals surface area contributed by atoms with Gasteiger partial charge in [0, 0.05) is 4.90 Å². The van der Waals surface area contributed by atoms with E-state index in [4.69, 9.17) is 11.6 Å². The van der Waals surface area contributed by atoms with E-state index in [1.165, 1.54) is 6.07 Å². The lowest BCUT2D eigenvalue weighted by Crippen LogP contribution is -2.05. The molecule has 70 valence electrons.